The van der Waals surface area contributed by atoms with Crippen molar-refractivity contribution in [2.24, 2.45) is 5.41 Å². The van der Waals surface area contributed by atoms with Crippen LogP contribution in [0.1, 0.15) is 26.2 Å². The van der Waals surface area contributed by atoms with Crippen LogP contribution in [0.4, 0.5) is 0 Å². The lowest BCUT2D eigenvalue weighted by molar-refractivity contribution is -0.153. The smallest absolute Gasteiger partial charge is 0.311 e. The second-order valence-electron chi connectivity index (χ2n) is 5.30. The predicted molar refractivity (Wildman–Crippen MR) is 68.4 cm³/mol. The molecular formula is C13H19N3O3. The molecule has 0 spiro atoms. The summed E-state index contributed by atoms with van der Waals surface area (Å²) >= 11 is 0. The lowest BCUT2D eigenvalue weighted by Gasteiger charge is -2.37. The summed E-state index contributed by atoms with van der Waals surface area (Å²) in [4.78, 5) is 25.0. The number of rotatable bonds is 4. The highest BCUT2D eigenvalue weighted by Gasteiger charge is 2.39. The molecule has 104 valence electrons. The third-order valence-corrected chi connectivity index (χ3v) is 3.68. The van der Waals surface area contributed by atoms with Crippen molar-refractivity contribution >= 4 is 11.9 Å². The maximum atomic E-state index is 12.1. The summed E-state index contributed by atoms with van der Waals surface area (Å²) in [6.45, 7) is 3.20. The van der Waals surface area contributed by atoms with E-state index in [1.807, 2.05) is 12.3 Å². The summed E-state index contributed by atoms with van der Waals surface area (Å²) in [6, 6.07) is 1.81. The fourth-order valence-corrected chi connectivity index (χ4v) is 2.43. The van der Waals surface area contributed by atoms with Crippen LogP contribution >= 0.6 is 0 Å². The summed E-state index contributed by atoms with van der Waals surface area (Å²) < 4.78 is 1.71. The molecule has 1 aliphatic rings. The zero-order chi connectivity index (χ0) is 13.9. The molecule has 6 heteroatoms. The lowest BCUT2D eigenvalue weighted by Crippen LogP contribution is -2.48. The standard InChI is InChI=1S/C13H19N3O3/c1-13(12(18)19)5-2-7-15(10-13)11(17)4-9-16-8-3-6-14-16/h3,6,8H,2,4-5,7,9-10H2,1H3,(H,18,19). The number of carbonyl (C=O) groups is 2. The fraction of sp³-hybridized carbons (Fsp3) is 0.615. The van der Waals surface area contributed by atoms with E-state index in [1.54, 1.807) is 22.7 Å². The summed E-state index contributed by atoms with van der Waals surface area (Å²) in [5, 5.41) is 13.3. The molecule has 2 heterocycles. The second-order valence-corrected chi connectivity index (χ2v) is 5.30. The summed E-state index contributed by atoms with van der Waals surface area (Å²) in [5.74, 6) is -0.820. The second kappa shape index (κ2) is 5.42. The molecule has 1 fully saturated rings. The van der Waals surface area contributed by atoms with E-state index in [-0.39, 0.29) is 5.91 Å². The minimum atomic E-state index is -0.822. The molecular weight excluding hydrogens is 246 g/mol. The molecule has 1 amide bonds. The topological polar surface area (TPSA) is 75.4 Å². The first-order valence-electron chi connectivity index (χ1n) is 6.50. The van der Waals surface area contributed by atoms with Gasteiger partial charge >= 0.3 is 5.97 Å². The first kappa shape index (κ1) is 13.6. The molecule has 0 radical (unpaired) electrons. The number of carboxylic acid groups (broad SMARTS) is 1. The Hall–Kier alpha value is -1.85. The average Bonchev–Trinajstić information content (AvgIpc) is 2.89. The van der Waals surface area contributed by atoms with Crippen LogP contribution in [0.15, 0.2) is 18.5 Å². The number of aryl methyl sites for hydroxylation is 1. The molecule has 1 unspecified atom stereocenters. The van der Waals surface area contributed by atoms with Crippen molar-refractivity contribution in [3.05, 3.63) is 18.5 Å². The van der Waals surface area contributed by atoms with Gasteiger partial charge in [-0.2, -0.15) is 5.10 Å². The maximum Gasteiger partial charge on any atom is 0.311 e. The van der Waals surface area contributed by atoms with Gasteiger partial charge in [-0.25, -0.2) is 0 Å². The van der Waals surface area contributed by atoms with Gasteiger partial charge in [0, 0.05) is 38.4 Å². The van der Waals surface area contributed by atoms with Crippen molar-refractivity contribution in [2.45, 2.75) is 32.7 Å². The Labute approximate surface area is 112 Å². The van der Waals surface area contributed by atoms with E-state index < -0.39 is 11.4 Å². The SMILES string of the molecule is CC1(C(=O)O)CCCN(C(=O)CCn2cccn2)C1. The van der Waals surface area contributed by atoms with Gasteiger partial charge in [0.2, 0.25) is 5.91 Å². The molecule has 2 rings (SSSR count). The van der Waals surface area contributed by atoms with E-state index in [4.69, 9.17) is 0 Å². The zero-order valence-corrected chi connectivity index (χ0v) is 11.1. The van der Waals surface area contributed by atoms with Crippen LogP contribution < -0.4 is 0 Å². The number of likely N-dealkylation sites (tertiary alicyclic amines) is 1. The van der Waals surface area contributed by atoms with Crippen LogP contribution in [0.25, 0.3) is 0 Å². The number of carboxylic acids is 1. The fourth-order valence-electron chi connectivity index (χ4n) is 2.43. The quantitative estimate of drug-likeness (QED) is 0.880. The number of amides is 1. The van der Waals surface area contributed by atoms with Crippen LogP contribution in [0.2, 0.25) is 0 Å². The molecule has 1 N–H and O–H groups in total. The Morgan fingerprint density at radius 1 is 1.47 bits per heavy atom. The monoisotopic (exact) mass is 265 g/mol. The number of hydrogen-bond donors (Lipinski definition) is 1. The number of hydrogen-bond acceptors (Lipinski definition) is 3. The lowest BCUT2D eigenvalue weighted by atomic mass is 9.82. The number of aliphatic carboxylic acids is 1. The van der Waals surface area contributed by atoms with E-state index in [9.17, 15) is 14.7 Å². The van der Waals surface area contributed by atoms with Gasteiger partial charge in [0.15, 0.2) is 0 Å². The van der Waals surface area contributed by atoms with Gasteiger partial charge in [-0.1, -0.05) is 0 Å². The first-order chi connectivity index (χ1) is 9.01. The average molecular weight is 265 g/mol. The third kappa shape index (κ3) is 3.13. The van der Waals surface area contributed by atoms with Crippen LogP contribution in [0, 0.1) is 5.41 Å². The van der Waals surface area contributed by atoms with Crippen molar-refractivity contribution in [1.82, 2.24) is 14.7 Å². The molecule has 1 aromatic heterocycles. The van der Waals surface area contributed by atoms with Gasteiger partial charge < -0.3 is 10.0 Å². The van der Waals surface area contributed by atoms with E-state index >= 15 is 0 Å². The summed E-state index contributed by atoms with van der Waals surface area (Å²) in [7, 11) is 0. The van der Waals surface area contributed by atoms with Crippen molar-refractivity contribution in [3.63, 3.8) is 0 Å². The predicted octanol–water partition coefficient (Wildman–Crippen LogP) is 0.986. The van der Waals surface area contributed by atoms with Crippen molar-refractivity contribution < 1.29 is 14.7 Å². The molecule has 0 aliphatic carbocycles. The largest absolute Gasteiger partial charge is 0.481 e. The number of nitrogens with zero attached hydrogens (tertiary/aromatic N) is 3. The number of piperidine rings is 1. The van der Waals surface area contributed by atoms with Gasteiger partial charge in [-0.15, -0.1) is 0 Å². The number of aromatic nitrogens is 2. The molecule has 19 heavy (non-hydrogen) atoms. The van der Waals surface area contributed by atoms with Gasteiger partial charge in [0.1, 0.15) is 0 Å². The Bertz CT molecular complexity index is 458. The molecule has 6 nitrogen and oxygen atoms in total. The maximum absolute atomic E-state index is 12.1. The Kier molecular flexibility index (Phi) is 3.87. The molecule has 0 saturated carbocycles. The molecule has 0 aromatic carbocycles. The molecule has 1 saturated heterocycles. The highest BCUT2D eigenvalue weighted by atomic mass is 16.4. The zero-order valence-electron chi connectivity index (χ0n) is 11.1. The van der Waals surface area contributed by atoms with E-state index in [2.05, 4.69) is 5.10 Å². The normalized spacial score (nSPS) is 23.3. The molecule has 1 atom stereocenters. The third-order valence-electron chi connectivity index (χ3n) is 3.68. The molecule has 0 bridgehead atoms. The van der Waals surface area contributed by atoms with Crippen LogP contribution in [0.5, 0.6) is 0 Å². The van der Waals surface area contributed by atoms with Gasteiger partial charge in [-0.3, -0.25) is 14.3 Å². The van der Waals surface area contributed by atoms with Crippen LogP contribution in [-0.2, 0) is 16.1 Å². The van der Waals surface area contributed by atoms with Gasteiger partial charge in [-0.05, 0) is 25.8 Å². The minimum absolute atomic E-state index is 0.00248. The molecule has 1 aliphatic heterocycles. The number of carbonyl (C=O) groups excluding carboxylic acids is 1. The van der Waals surface area contributed by atoms with Crippen molar-refractivity contribution in [3.8, 4) is 0 Å². The summed E-state index contributed by atoms with van der Waals surface area (Å²) in [6.07, 6.45) is 5.22. The van der Waals surface area contributed by atoms with E-state index in [1.165, 1.54) is 0 Å². The van der Waals surface area contributed by atoms with Crippen molar-refractivity contribution in [2.75, 3.05) is 13.1 Å². The van der Waals surface area contributed by atoms with Gasteiger partial charge in [0.05, 0.1) is 5.41 Å². The van der Waals surface area contributed by atoms with Crippen LogP contribution in [0.3, 0.4) is 0 Å². The van der Waals surface area contributed by atoms with Crippen LogP contribution in [-0.4, -0.2) is 44.8 Å². The Morgan fingerprint density at radius 2 is 2.26 bits per heavy atom. The van der Waals surface area contributed by atoms with Crippen molar-refractivity contribution in [1.29, 1.82) is 0 Å². The minimum Gasteiger partial charge on any atom is -0.481 e. The van der Waals surface area contributed by atoms with E-state index in [0.29, 0.717) is 32.5 Å². The Morgan fingerprint density at radius 3 is 2.89 bits per heavy atom. The first-order valence-corrected chi connectivity index (χ1v) is 6.50. The highest BCUT2D eigenvalue weighted by Crippen LogP contribution is 2.29. The summed E-state index contributed by atoms with van der Waals surface area (Å²) in [5.41, 5.74) is -0.806. The Balaban J connectivity index is 1.90. The molecule has 1 aromatic rings. The van der Waals surface area contributed by atoms with Gasteiger partial charge in [0.25, 0.3) is 0 Å². The highest BCUT2D eigenvalue weighted by molar-refractivity contribution is 5.79. The van der Waals surface area contributed by atoms with E-state index in [0.717, 1.165) is 6.42 Å².